The molecule has 5 nitrogen and oxygen atoms in total. The summed E-state index contributed by atoms with van der Waals surface area (Å²) in [5.74, 6) is 6.30. The van der Waals surface area contributed by atoms with E-state index in [4.69, 9.17) is 0 Å². The van der Waals surface area contributed by atoms with E-state index in [1.54, 1.807) is 16.8 Å². The van der Waals surface area contributed by atoms with E-state index < -0.39 is 0 Å². The van der Waals surface area contributed by atoms with Crippen molar-refractivity contribution >= 4 is 17.2 Å². The number of aromatic nitrogens is 2. The Balaban J connectivity index is 1.70. The van der Waals surface area contributed by atoms with Gasteiger partial charge in [0.2, 0.25) is 4.80 Å². The quantitative estimate of drug-likeness (QED) is 0.702. The van der Waals surface area contributed by atoms with Crippen molar-refractivity contribution in [2.75, 3.05) is 19.6 Å². The Morgan fingerprint density at radius 1 is 1.07 bits per heavy atom. The van der Waals surface area contributed by atoms with E-state index in [9.17, 15) is 4.79 Å². The maximum atomic E-state index is 12.5. The van der Waals surface area contributed by atoms with E-state index in [1.807, 2.05) is 18.2 Å². The zero-order chi connectivity index (χ0) is 20.3. The van der Waals surface area contributed by atoms with Gasteiger partial charge in [0, 0.05) is 12.0 Å². The third kappa shape index (κ3) is 6.95. The van der Waals surface area contributed by atoms with Crippen LogP contribution in [0.2, 0.25) is 0 Å². The zero-order valence-corrected chi connectivity index (χ0v) is 18.1. The fraction of sp³-hybridized carbons (Fsp3) is 0.522. The summed E-state index contributed by atoms with van der Waals surface area (Å²) in [5, 5.41) is 5.63. The van der Waals surface area contributed by atoms with Crippen LogP contribution in [-0.2, 0) is 13.0 Å². The lowest BCUT2D eigenvalue weighted by atomic mass is 10.1. The van der Waals surface area contributed by atoms with Crippen LogP contribution < -0.4 is 4.80 Å². The first-order chi connectivity index (χ1) is 14.3. The third-order valence-electron chi connectivity index (χ3n) is 4.95. The van der Waals surface area contributed by atoms with Gasteiger partial charge in [0.25, 0.3) is 5.91 Å². The van der Waals surface area contributed by atoms with Crippen molar-refractivity contribution in [3.05, 3.63) is 45.7 Å². The number of carbonyl (C=O) groups excluding carboxylic acids is 1. The molecule has 0 saturated carbocycles. The summed E-state index contributed by atoms with van der Waals surface area (Å²) in [7, 11) is 0. The van der Waals surface area contributed by atoms with E-state index in [0.717, 1.165) is 37.5 Å². The highest BCUT2D eigenvalue weighted by Gasteiger charge is 2.08. The van der Waals surface area contributed by atoms with Crippen molar-refractivity contribution in [2.45, 2.75) is 58.4 Å². The molecular formula is C23H30N4OS. The van der Waals surface area contributed by atoms with Crippen LogP contribution in [0.15, 0.2) is 35.3 Å². The molecule has 2 aromatic rings. The number of carbonyl (C=O) groups is 1. The number of amides is 1. The summed E-state index contributed by atoms with van der Waals surface area (Å²) in [4.78, 5) is 19.9. The van der Waals surface area contributed by atoms with E-state index in [-0.39, 0.29) is 5.91 Å². The lowest BCUT2D eigenvalue weighted by Crippen LogP contribution is -2.27. The first-order valence-corrected chi connectivity index (χ1v) is 11.5. The molecular weight excluding hydrogens is 380 g/mol. The lowest BCUT2D eigenvalue weighted by Gasteiger charge is -2.21. The molecule has 1 amide bonds. The molecule has 1 aromatic carbocycles. The number of hydrogen-bond donors (Lipinski definition) is 0. The Hall–Kier alpha value is -2.23. The van der Waals surface area contributed by atoms with Crippen LogP contribution in [0.25, 0.3) is 0 Å². The normalized spacial score (nSPS) is 16.0. The van der Waals surface area contributed by atoms with Gasteiger partial charge in [-0.05, 0) is 44.5 Å². The topological polar surface area (TPSA) is 50.5 Å². The second-order valence-electron chi connectivity index (χ2n) is 7.37. The summed E-state index contributed by atoms with van der Waals surface area (Å²) in [6.45, 7) is 5.69. The SMILES string of the molecule is CCCc1nn(CC#CCN2CCCCCCC2)c(=NC(=O)c2ccccc2)s1. The maximum absolute atomic E-state index is 12.5. The summed E-state index contributed by atoms with van der Waals surface area (Å²) in [5.41, 5.74) is 0.590. The molecule has 1 saturated heterocycles. The first kappa shape index (κ1) is 21.5. The monoisotopic (exact) mass is 410 g/mol. The van der Waals surface area contributed by atoms with Crippen LogP contribution in [0.5, 0.6) is 0 Å². The van der Waals surface area contributed by atoms with Crippen LogP contribution in [0, 0.1) is 11.8 Å². The largest absolute Gasteiger partial charge is 0.292 e. The molecule has 1 aliphatic heterocycles. The minimum Gasteiger partial charge on any atom is -0.292 e. The molecule has 29 heavy (non-hydrogen) atoms. The Bertz CT molecular complexity index is 896. The van der Waals surface area contributed by atoms with Crippen LogP contribution in [0.1, 0.15) is 60.8 Å². The predicted molar refractivity (Wildman–Crippen MR) is 118 cm³/mol. The maximum Gasteiger partial charge on any atom is 0.279 e. The van der Waals surface area contributed by atoms with Gasteiger partial charge in [-0.15, -0.1) is 0 Å². The molecule has 1 fully saturated rings. The highest BCUT2D eigenvalue weighted by Crippen LogP contribution is 2.09. The van der Waals surface area contributed by atoms with E-state index in [1.165, 1.54) is 43.4 Å². The molecule has 0 N–H and O–H groups in total. The van der Waals surface area contributed by atoms with Crippen molar-refractivity contribution < 1.29 is 4.79 Å². The smallest absolute Gasteiger partial charge is 0.279 e. The third-order valence-corrected chi connectivity index (χ3v) is 5.96. The lowest BCUT2D eigenvalue weighted by molar-refractivity contribution is 0.0997. The number of hydrogen-bond acceptors (Lipinski definition) is 4. The Morgan fingerprint density at radius 2 is 1.76 bits per heavy atom. The zero-order valence-electron chi connectivity index (χ0n) is 17.3. The van der Waals surface area contributed by atoms with Crippen LogP contribution in [0.4, 0.5) is 0 Å². The second-order valence-corrected chi connectivity index (χ2v) is 8.41. The fourth-order valence-corrected chi connectivity index (χ4v) is 4.35. The summed E-state index contributed by atoms with van der Waals surface area (Å²) in [6, 6.07) is 9.16. The predicted octanol–water partition coefficient (Wildman–Crippen LogP) is 3.91. The number of rotatable bonds is 5. The summed E-state index contributed by atoms with van der Waals surface area (Å²) >= 11 is 1.48. The van der Waals surface area contributed by atoms with Gasteiger partial charge in [-0.3, -0.25) is 9.69 Å². The first-order valence-electron chi connectivity index (χ1n) is 10.7. The van der Waals surface area contributed by atoms with Gasteiger partial charge in [0.05, 0.1) is 6.54 Å². The number of nitrogens with zero attached hydrogens (tertiary/aromatic N) is 4. The average molecular weight is 411 g/mol. The van der Waals surface area contributed by atoms with Gasteiger partial charge < -0.3 is 0 Å². The molecule has 0 aliphatic carbocycles. The summed E-state index contributed by atoms with van der Waals surface area (Å²) in [6.07, 6.45) is 8.48. The molecule has 154 valence electrons. The molecule has 0 bridgehead atoms. The number of benzene rings is 1. The van der Waals surface area contributed by atoms with E-state index >= 15 is 0 Å². The number of aryl methyl sites for hydroxylation is 1. The Labute approximate surface area is 177 Å². The van der Waals surface area contributed by atoms with Gasteiger partial charge >= 0.3 is 0 Å². The fourth-order valence-electron chi connectivity index (χ4n) is 3.36. The van der Waals surface area contributed by atoms with Crippen molar-refractivity contribution in [1.29, 1.82) is 0 Å². The van der Waals surface area contributed by atoms with Crippen LogP contribution in [0.3, 0.4) is 0 Å². The molecule has 6 heteroatoms. The molecule has 0 atom stereocenters. The van der Waals surface area contributed by atoms with Crippen molar-refractivity contribution in [2.24, 2.45) is 4.99 Å². The van der Waals surface area contributed by atoms with Gasteiger partial charge in [-0.25, -0.2) is 4.68 Å². The number of likely N-dealkylation sites (tertiary alicyclic amines) is 1. The highest BCUT2D eigenvalue weighted by atomic mass is 32.1. The second kappa shape index (κ2) is 11.7. The minimum absolute atomic E-state index is 0.236. The minimum atomic E-state index is -0.236. The van der Waals surface area contributed by atoms with E-state index in [2.05, 4.69) is 33.8 Å². The molecule has 0 unspecified atom stereocenters. The molecule has 0 radical (unpaired) electrons. The van der Waals surface area contributed by atoms with Gasteiger partial charge in [-0.2, -0.15) is 10.1 Å². The summed E-state index contributed by atoms with van der Waals surface area (Å²) < 4.78 is 1.77. The average Bonchev–Trinajstić information content (AvgIpc) is 3.08. The van der Waals surface area contributed by atoms with Crippen molar-refractivity contribution in [3.8, 4) is 11.8 Å². The van der Waals surface area contributed by atoms with Crippen molar-refractivity contribution in [3.63, 3.8) is 0 Å². The molecule has 1 aliphatic rings. The highest BCUT2D eigenvalue weighted by molar-refractivity contribution is 7.08. The van der Waals surface area contributed by atoms with E-state index in [0.29, 0.717) is 16.9 Å². The Kier molecular flexibility index (Phi) is 8.66. The van der Waals surface area contributed by atoms with Crippen molar-refractivity contribution in [1.82, 2.24) is 14.7 Å². The molecule has 2 heterocycles. The van der Waals surface area contributed by atoms with Crippen LogP contribution >= 0.6 is 11.3 Å². The van der Waals surface area contributed by atoms with Gasteiger partial charge in [-0.1, -0.05) is 67.6 Å². The Morgan fingerprint density at radius 3 is 2.48 bits per heavy atom. The molecule has 0 spiro atoms. The molecule has 1 aromatic heterocycles. The standard InChI is InChI=1S/C23H30N4OS/c1-2-13-21-25-27(19-12-11-18-26-16-9-4-3-5-10-17-26)23(29-21)24-22(28)20-14-7-6-8-15-20/h6-8,14-15H,2-5,9-10,13,16-19H2,1H3. The van der Waals surface area contributed by atoms with Crippen LogP contribution in [-0.4, -0.2) is 40.2 Å². The van der Waals surface area contributed by atoms with Gasteiger partial charge in [0.15, 0.2) is 0 Å². The molecule has 3 rings (SSSR count). The van der Waals surface area contributed by atoms with Gasteiger partial charge in [0.1, 0.15) is 11.6 Å².